The summed E-state index contributed by atoms with van der Waals surface area (Å²) in [6.07, 6.45) is 3.69. The summed E-state index contributed by atoms with van der Waals surface area (Å²) in [5.41, 5.74) is 1.83. The third kappa shape index (κ3) is 3.75. The van der Waals surface area contributed by atoms with Crippen molar-refractivity contribution in [2.24, 2.45) is 5.92 Å². The number of rotatable bonds is 6. The fourth-order valence-corrected chi connectivity index (χ4v) is 2.08. The topological polar surface area (TPSA) is 63.2 Å². The zero-order chi connectivity index (χ0) is 15.4. The SMILES string of the molecule is CCOc1ccc(Nc2ccc(NC(=O)C3CC3)nc2)cc1. The minimum Gasteiger partial charge on any atom is -0.494 e. The van der Waals surface area contributed by atoms with E-state index in [2.05, 4.69) is 15.6 Å². The Hall–Kier alpha value is -2.56. The van der Waals surface area contributed by atoms with E-state index in [-0.39, 0.29) is 11.8 Å². The van der Waals surface area contributed by atoms with E-state index in [0.29, 0.717) is 12.4 Å². The largest absolute Gasteiger partial charge is 0.494 e. The van der Waals surface area contributed by atoms with Gasteiger partial charge in [-0.15, -0.1) is 0 Å². The second kappa shape index (κ2) is 6.47. The van der Waals surface area contributed by atoms with Gasteiger partial charge in [0.15, 0.2) is 0 Å². The molecule has 22 heavy (non-hydrogen) atoms. The molecule has 5 nitrogen and oxygen atoms in total. The summed E-state index contributed by atoms with van der Waals surface area (Å²) in [6.45, 7) is 2.62. The zero-order valence-electron chi connectivity index (χ0n) is 12.5. The zero-order valence-corrected chi connectivity index (χ0v) is 12.5. The average Bonchev–Trinajstić information content (AvgIpc) is 3.36. The normalized spacial score (nSPS) is 13.5. The van der Waals surface area contributed by atoms with Gasteiger partial charge in [-0.25, -0.2) is 4.98 Å². The van der Waals surface area contributed by atoms with Crippen LogP contribution in [0.25, 0.3) is 0 Å². The molecule has 0 bridgehead atoms. The molecule has 1 aromatic heterocycles. The van der Waals surface area contributed by atoms with Crippen molar-refractivity contribution < 1.29 is 9.53 Å². The van der Waals surface area contributed by atoms with Gasteiger partial charge in [-0.2, -0.15) is 0 Å². The highest BCUT2D eigenvalue weighted by molar-refractivity contribution is 5.93. The maximum absolute atomic E-state index is 11.7. The van der Waals surface area contributed by atoms with Gasteiger partial charge in [-0.05, 0) is 56.2 Å². The van der Waals surface area contributed by atoms with E-state index in [1.807, 2.05) is 37.3 Å². The van der Waals surface area contributed by atoms with E-state index in [0.717, 1.165) is 30.0 Å². The van der Waals surface area contributed by atoms with Crippen LogP contribution in [0.4, 0.5) is 17.2 Å². The molecule has 114 valence electrons. The molecule has 1 fully saturated rings. The van der Waals surface area contributed by atoms with Crippen molar-refractivity contribution in [1.29, 1.82) is 0 Å². The predicted octanol–water partition coefficient (Wildman–Crippen LogP) is 3.57. The third-order valence-electron chi connectivity index (χ3n) is 3.42. The van der Waals surface area contributed by atoms with Crippen LogP contribution in [0.15, 0.2) is 42.6 Å². The predicted molar refractivity (Wildman–Crippen MR) is 86.5 cm³/mol. The quantitative estimate of drug-likeness (QED) is 0.855. The van der Waals surface area contributed by atoms with Gasteiger partial charge >= 0.3 is 0 Å². The maximum atomic E-state index is 11.7. The molecule has 3 rings (SSSR count). The number of hydrogen-bond donors (Lipinski definition) is 2. The van der Waals surface area contributed by atoms with Gasteiger partial charge in [0, 0.05) is 11.6 Å². The van der Waals surface area contributed by atoms with Gasteiger partial charge in [0.05, 0.1) is 18.5 Å². The van der Waals surface area contributed by atoms with Crippen molar-refractivity contribution in [2.75, 3.05) is 17.2 Å². The molecule has 2 aromatic rings. The second-order valence-corrected chi connectivity index (χ2v) is 5.28. The van der Waals surface area contributed by atoms with Crippen LogP contribution in [0.2, 0.25) is 0 Å². The van der Waals surface area contributed by atoms with Crippen molar-refractivity contribution >= 4 is 23.1 Å². The minimum atomic E-state index is 0.0692. The third-order valence-corrected chi connectivity index (χ3v) is 3.42. The Morgan fingerprint density at radius 3 is 2.50 bits per heavy atom. The van der Waals surface area contributed by atoms with E-state index in [4.69, 9.17) is 4.74 Å². The number of nitrogens with zero attached hydrogens (tertiary/aromatic N) is 1. The van der Waals surface area contributed by atoms with Crippen LogP contribution in [-0.2, 0) is 4.79 Å². The molecule has 0 unspecified atom stereocenters. The Kier molecular flexibility index (Phi) is 4.23. The summed E-state index contributed by atoms with van der Waals surface area (Å²) < 4.78 is 5.41. The standard InChI is InChI=1S/C17H19N3O2/c1-2-22-15-8-5-13(6-9-15)19-14-7-10-16(18-11-14)20-17(21)12-3-4-12/h5-12,19H,2-4H2,1H3,(H,18,20,21). The maximum Gasteiger partial charge on any atom is 0.228 e. The highest BCUT2D eigenvalue weighted by atomic mass is 16.5. The molecule has 2 N–H and O–H groups in total. The van der Waals surface area contributed by atoms with Gasteiger partial charge in [0.1, 0.15) is 11.6 Å². The minimum absolute atomic E-state index is 0.0692. The van der Waals surface area contributed by atoms with Crippen LogP contribution in [0, 0.1) is 5.92 Å². The molecule has 0 radical (unpaired) electrons. The number of hydrogen-bond acceptors (Lipinski definition) is 4. The van der Waals surface area contributed by atoms with E-state index >= 15 is 0 Å². The van der Waals surface area contributed by atoms with Crippen molar-refractivity contribution in [3.05, 3.63) is 42.6 Å². The van der Waals surface area contributed by atoms with Crippen molar-refractivity contribution in [2.45, 2.75) is 19.8 Å². The lowest BCUT2D eigenvalue weighted by Crippen LogP contribution is -2.14. The molecular formula is C17H19N3O2. The molecule has 0 atom stereocenters. The lowest BCUT2D eigenvalue weighted by molar-refractivity contribution is -0.117. The average molecular weight is 297 g/mol. The van der Waals surface area contributed by atoms with Crippen molar-refractivity contribution in [1.82, 2.24) is 4.98 Å². The summed E-state index contributed by atoms with van der Waals surface area (Å²) in [5, 5.41) is 6.08. The van der Waals surface area contributed by atoms with E-state index in [1.165, 1.54) is 0 Å². The Labute approximate surface area is 129 Å². The number of amides is 1. The Morgan fingerprint density at radius 2 is 1.91 bits per heavy atom. The fourth-order valence-electron chi connectivity index (χ4n) is 2.08. The van der Waals surface area contributed by atoms with Gasteiger partial charge < -0.3 is 15.4 Å². The molecule has 5 heteroatoms. The summed E-state index contributed by atoms with van der Waals surface area (Å²) >= 11 is 0. The lowest BCUT2D eigenvalue weighted by atomic mass is 10.3. The molecule has 0 aliphatic heterocycles. The second-order valence-electron chi connectivity index (χ2n) is 5.28. The highest BCUT2D eigenvalue weighted by Gasteiger charge is 2.29. The number of ether oxygens (including phenoxy) is 1. The molecule has 1 aromatic carbocycles. The summed E-state index contributed by atoms with van der Waals surface area (Å²) in [7, 11) is 0. The first kappa shape index (κ1) is 14.4. The molecule has 1 amide bonds. The van der Waals surface area contributed by atoms with Gasteiger partial charge in [-0.3, -0.25) is 4.79 Å². The molecule has 1 aliphatic rings. The smallest absolute Gasteiger partial charge is 0.228 e. The van der Waals surface area contributed by atoms with Gasteiger partial charge in [0.25, 0.3) is 0 Å². The number of benzene rings is 1. The molecule has 0 saturated heterocycles. The Balaban J connectivity index is 1.59. The van der Waals surface area contributed by atoms with Crippen LogP contribution in [0.1, 0.15) is 19.8 Å². The number of carbonyl (C=O) groups excluding carboxylic acids is 1. The van der Waals surface area contributed by atoms with Gasteiger partial charge in [-0.1, -0.05) is 0 Å². The van der Waals surface area contributed by atoms with E-state index in [9.17, 15) is 4.79 Å². The monoisotopic (exact) mass is 297 g/mol. The molecule has 1 heterocycles. The summed E-state index contributed by atoms with van der Waals surface area (Å²) in [6, 6.07) is 11.4. The first-order valence-corrected chi connectivity index (χ1v) is 7.51. The first-order chi connectivity index (χ1) is 10.7. The van der Waals surface area contributed by atoms with Crippen LogP contribution in [-0.4, -0.2) is 17.5 Å². The molecule has 1 saturated carbocycles. The molecular weight excluding hydrogens is 278 g/mol. The van der Waals surface area contributed by atoms with Crippen LogP contribution >= 0.6 is 0 Å². The molecule has 0 spiro atoms. The summed E-state index contributed by atoms with van der Waals surface area (Å²) in [4.78, 5) is 15.9. The van der Waals surface area contributed by atoms with Crippen LogP contribution < -0.4 is 15.4 Å². The number of carbonyl (C=O) groups is 1. The Morgan fingerprint density at radius 1 is 1.18 bits per heavy atom. The number of anilines is 3. The summed E-state index contributed by atoms with van der Waals surface area (Å²) in [5.74, 6) is 1.70. The number of aromatic nitrogens is 1. The highest BCUT2D eigenvalue weighted by Crippen LogP contribution is 2.30. The van der Waals surface area contributed by atoms with Crippen molar-refractivity contribution in [3.63, 3.8) is 0 Å². The number of pyridine rings is 1. The van der Waals surface area contributed by atoms with E-state index < -0.39 is 0 Å². The van der Waals surface area contributed by atoms with E-state index in [1.54, 1.807) is 12.3 Å². The van der Waals surface area contributed by atoms with Gasteiger partial charge in [0.2, 0.25) is 5.91 Å². The number of nitrogens with one attached hydrogen (secondary N) is 2. The lowest BCUT2D eigenvalue weighted by Gasteiger charge is -2.09. The van der Waals surface area contributed by atoms with Crippen molar-refractivity contribution in [3.8, 4) is 5.75 Å². The molecule has 1 aliphatic carbocycles. The van der Waals surface area contributed by atoms with Crippen LogP contribution in [0.3, 0.4) is 0 Å². The van der Waals surface area contributed by atoms with Crippen LogP contribution in [0.5, 0.6) is 5.75 Å². The first-order valence-electron chi connectivity index (χ1n) is 7.51. The Bertz CT molecular complexity index is 634. The fraction of sp³-hybridized carbons (Fsp3) is 0.294.